The van der Waals surface area contributed by atoms with Gasteiger partial charge >= 0.3 is 0 Å². The number of carbonyl (C=O) groups excluding carboxylic acids is 1. The van der Waals surface area contributed by atoms with Crippen LogP contribution in [0.25, 0.3) is 0 Å². The molecule has 0 spiro atoms. The van der Waals surface area contributed by atoms with Crippen molar-refractivity contribution in [1.82, 2.24) is 10.3 Å². The van der Waals surface area contributed by atoms with Crippen molar-refractivity contribution in [2.75, 3.05) is 6.61 Å². The maximum atomic E-state index is 12.7. The number of halogens is 1. The zero-order chi connectivity index (χ0) is 14.2. The average molecular weight is 274 g/mol. The Hall–Kier alpha value is -2.43. The summed E-state index contributed by atoms with van der Waals surface area (Å²) in [7, 11) is 0. The van der Waals surface area contributed by atoms with Crippen molar-refractivity contribution < 1.29 is 13.9 Å². The smallest absolute Gasteiger partial charge is 0.223 e. The van der Waals surface area contributed by atoms with Gasteiger partial charge in [-0.25, -0.2) is 4.39 Å². The van der Waals surface area contributed by atoms with E-state index in [4.69, 9.17) is 4.74 Å². The second-order valence-corrected chi connectivity index (χ2v) is 4.19. The predicted octanol–water partition coefficient (Wildman–Crippen LogP) is 2.31. The fourth-order valence-electron chi connectivity index (χ4n) is 1.58. The van der Waals surface area contributed by atoms with Gasteiger partial charge in [-0.15, -0.1) is 0 Å². The molecule has 0 bridgehead atoms. The second kappa shape index (κ2) is 7.23. The van der Waals surface area contributed by atoms with Crippen LogP contribution in [0.4, 0.5) is 4.39 Å². The molecule has 0 aliphatic carbocycles. The standard InChI is InChI=1S/C15H15FN2O2/c16-13-3-5-14(6-4-13)20-9-7-15(19)18-11-12-2-1-8-17-10-12/h1-6,8,10H,7,9,11H2,(H,18,19). The Morgan fingerprint density at radius 3 is 2.75 bits per heavy atom. The van der Waals surface area contributed by atoms with E-state index in [0.29, 0.717) is 12.3 Å². The SMILES string of the molecule is O=C(CCOc1ccc(F)cc1)NCc1cccnc1. The molecule has 1 aromatic heterocycles. The predicted molar refractivity (Wildman–Crippen MR) is 72.6 cm³/mol. The number of benzene rings is 1. The van der Waals surface area contributed by atoms with E-state index in [-0.39, 0.29) is 24.8 Å². The summed E-state index contributed by atoms with van der Waals surface area (Å²) in [4.78, 5) is 15.6. The third kappa shape index (κ3) is 4.68. The molecular weight excluding hydrogens is 259 g/mol. The van der Waals surface area contributed by atoms with E-state index in [0.717, 1.165) is 5.56 Å². The quantitative estimate of drug-likeness (QED) is 0.879. The summed E-state index contributed by atoms with van der Waals surface area (Å²) in [6.07, 6.45) is 3.63. The van der Waals surface area contributed by atoms with Crippen LogP contribution in [-0.4, -0.2) is 17.5 Å². The molecule has 2 aromatic rings. The van der Waals surface area contributed by atoms with E-state index in [9.17, 15) is 9.18 Å². The molecule has 1 heterocycles. The highest BCUT2D eigenvalue weighted by Crippen LogP contribution is 2.11. The molecule has 20 heavy (non-hydrogen) atoms. The molecule has 5 heteroatoms. The van der Waals surface area contributed by atoms with Crippen molar-refractivity contribution in [1.29, 1.82) is 0 Å². The van der Waals surface area contributed by atoms with Gasteiger partial charge in [-0.05, 0) is 35.9 Å². The van der Waals surface area contributed by atoms with Crippen LogP contribution in [0.1, 0.15) is 12.0 Å². The third-order valence-corrected chi connectivity index (χ3v) is 2.62. The first-order valence-electron chi connectivity index (χ1n) is 6.28. The Morgan fingerprint density at radius 1 is 1.25 bits per heavy atom. The van der Waals surface area contributed by atoms with Gasteiger partial charge in [0.2, 0.25) is 5.91 Å². The first kappa shape index (κ1) is 14.0. The second-order valence-electron chi connectivity index (χ2n) is 4.19. The van der Waals surface area contributed by atoms with Crippen molar-refractivity contribution in [2.45, 2.75) is 13.0 Å². The maximum absolute atomic E-state index is 12.7. The van der Waals surface area contributed by atoms with Crippen LogP contribution in [-0.2, 0) is 11.3 Å². The summed E-state index contributed by atoms with van der Waals surface area (Å²) in [6.45, 7) is 0.702. The largest absolute Gasteiger partial charge is 0.493 e. The lowest BCUT2D eigenvalue weighted by atomic mass is 10.3. The maximum Gasteiger partial charge on any atom is 0.223 e. The Morgan fingerprint density at radius 2 is 2.05 bits per heavy atom. The highest BCUT2D eigenvalue weighted by atomic mass is 19.1. The molecule has 1 aromatic carbocycles. The Kier molecular flexibility index (Phi) is 5.06. The molecule has 104 valence electrons. The van der Waals surface area contributed by atoms with Crippen LogP contribution in [0.2, 0.25) is 0 Å². The van der Waals surface area contributed by atoms with Crippen LogP contribution in [0.5, 0.6) is 5.75 Å². The van der Waals surface area contributed by atoms with Crippen LogP contribution in [0.15, 0.2) is 48.8 Å². The molecule has 0 saturated carbocycles. The van der Waals surface area contributed by atoms with Gasteiger partial charge in [-0.3, -0.25) is 9.78 Å². The summed E-state index contributed by atoms with van der Waals surface area (Å²) in [5, 5.41) is 2.78. The number of ether oxygens (including phenoxy) is 1. The van der Waals surface area contributed by atoms with Gasteiger partial charge in [-0.1, -0.05) is 6.07 Å². The molecular formula is C15H15FN2O2. The number of aromatic nitrogens is 1. The Balaban J connectivity index is 1.66. The number of carbonyl (C=O) groups is 1. The van der Waals surface area contributed by atoms with Gasteiger partial charge in [0.15, 0.2) is 0 Å². The molecule has 0 fully saturated rings. The number of pyridine rings is 1. The molecule has 0 radical (unpaired) electrons. The van der Waals surface area contributed by atoms with Crippen LogP contribution < -0.4 is 10.1 Å². The minimum absolute atomic E-state index is 0.101. The Labute approximate surface area is 116 Å². The number of amides is 1. The molecule has 1 amide bonds. The van der Waals surface area contributed by atoms with E-state index in [2.05, 4.69) is 10.3 Å². The van der Waals surface area contributed by atoms with Crippen molar-refractivity contribution in [3.63, 3.8) is 0 Å². The highest BCUT2D eigenvalue weighted by Gasteiger charge is 2.02. The molecule has 0 unspecified atom stereocenters. The lowest BCUT2D eigenvalue weighted by Crippen LogP contribution is -2.24. The highest BCUT2D eigenvalue weighted by molar-refractivity contribution is 5.75. The Bertz CT molecular complexity index is 544. The van der Waals surface area contributed by atoms with E-state index >= 15 is 0 Å². The molecule has 4 nitrogen and oxygen atoms in total. The zero-order valence-electron chi connectivity index (χ0n) is 10.9. The number of hydrogen-bond acceptors (Lipinski definition) is 3. The van der Waals surface area contributed by atoms with E-state index in [1.165, 1.54) is 24.3 Å². The van der Waals surface area contributed by atoms with Gasteiger partial charge in [-0.2, -0.15) is 0 Å². The van der Waals surface area contributed by atoms with Crippen molar-refractivity contribution in [3.8, 4) is 5.75 Å². The topological polar surface area (TPSA) is 51.2 Å². The zero-order valence-corrected chi connectivity index (χ0v) is 10.9. The van der Waals surface area contributed by atoms with Crippen molar-refractivity contribution in [3.05, 3.63) is 60.2 Å². The van der Waals surface area contributed by atoms with Gasteiger partial charge < -0.3 is 10.1 Å². The molecule has 0 atom stereocenters. The molecule has 1 N–H and O–H groups in total. The lowest BCUT2D eigenvalue weighted by molar-refractivity contribution is -0.121. The summed E-state index contributed by atoms with van der Waals surface area (Å²) in [5.41, 5.74) is 0.945. The number of nitrogens with one attached hydrogen (secondary N) is 1. The van der Waals surface area contributed by atoms with E-state index in [1.54, 1.807) is 12.4 Å². The van der Waals surface area contributed by atoms with Crippen LogP contribution in [0.3, 0.4) is 0 Å². The summed E-state index contributed by atoms with van der Waals surface area (Å²) >= 11 is 0. The van der Waals surface area contributed by atoms with Gasteiger partial charge in [0.1, 0.15) is 11.6 Å². The first-order chi connectivity index (χ1) is 9.74. The fraction of sp³-hybridized carbons (Fsp3) is 0.200. The van der Waals surface area contributed by atoms with E-state index < -0.39 is 0 Å². The summed E-state index contributed by atoms with van der Waals surface area (Å²) in [6, 6.07) is 9.41. The van der Waals surface area contributed by atoms with Crippen molar-refractivity contribution in [2.24, 2.45) is 0 Å². The molecule has 2 rings (SSSR count). The number of hydrogen-bond donors (Lipinski definition) is 1. The number of nitrogens with zero attached hydrogens (tertiary/aromatic N) is 1. The van der Waals surface area contributed by atoms with Gasteiger partial charge in [0.25, 0.3) is 0 Å². The lowest BCUT2D eigenvalue weighted by Gasteiger charge is -2.07. The van der Waals surface area contributed by atoms with Crippen LogP contribution in [0, 0.1) is 5.82 Å². The molecule has 0 aliphatic heterocycles. The third-order valence-electron chi connectivity index (χ3n) is 2.62. The minimum Gasteiger partial charge on any atom is -0.493 e. The van der Waals surface area contributed by atoms with Gasteiger partial charge in [0, 0.05) is 18.9 Å². The monoisotopic (exact) mass is 274 g/mol. The van der Waals surface area contributed by atoms with E-state index in [1.807, 2.05) is 12.1 Å². The molecule has 0 saturated heterocycles. The normalized spacial score (nSPS) is 10.1. The van der Waals surface area contributed by atoms with Gasteiger partial charge in [0.05, 0.1) is 13.0 Å². The fourth-order valence-corrected chi connectivity index (χ4v) is 1.58. The molecule has 0 aliphatic rings. The summed E-state index contributed by atoms with van der Waals surface area (Å²) < 4.78 is 18.0. The number of rotatable bonds is 6. The average Bonchev–Trinajstić information content (AvgIpc) is 2.48. The first-order valence-corrected chi connectivity index (χ1v) is 6.28. The van der Waals surface area contributed by atoms with Crippen molar-refractivity contribution >= 4 is 5.91 Å². The minimum atomic E-state index is -0.313. The summed E-state index contributed by atoms with van der Waals surface area (Å²) in [5.74, 6) is 0.133. The van der Waals surface area contributed by atoms with Crippen LogP contribution >= 0.6 is 0 Å².